The maximum Gasteiger partial charge on any atom is 0.155 e. The largest absolute Gasteiger partial charge is 0.390 e. The molecule has 0 saturated carbocycles. The first-order valence-corrected chi connectivity index (χ1v) is 6.71. The number of sulfone groups is 1. The third-order valence-electron chi connectivity index (χ3n) is 2.41. The highest BCUT2D eigenvalue weighted by Crippen LogP contribution is 2.15. The Morgan fingerprint density at radius 3 is 2.62 bits per heavy atom. The second-order valence-corrected chi connectivity index (χ2v) is 5.92. The summed E-state index contributed by atoms with van der Waals surface area (Å²) in [7, 11) is -3.13. The summed E-state index contributed by atoms with van der Waals surface area (Å²) in [5.74, 6) is -0.263. The number of aliphatic hydroxyl groups is 1. The van der Waals surface area contributed by atoms with Gasteiger partial charge in [0.15, 0.2) is 9.84 Å². The number of hydrogen-bond acceptors (Lipinski definition) is 5. The van der Waals surface area contributed by atoms with Crippen LogP contribution in [0.4, 0.5) is 0 Å². The van der Waals surface area contributed by atoms with Crippen LogP contribution in [0.2, 0.25) is 0 Å². The Morgan fingerprint density at radius 1 is 1.38 bits per heavy atom. The highest BCUT2D eigenvalue weighted by Gasteiger charge is 2.35. The van der Waals surface area contributed by atoms with Gasteiger partial charge in [0.25, 0.3) is 0 Å². The molecule has 86 valence electrons. The summed E-state index contributed by atoms with van der Waals surface area (Å²) in [6.07, 6.45) is 3.94. The van der Waals surface area contributed by atoms with Gasteiger partial charge < -0.3 is 5.11 Å². The standard InChI is InChI=1S/C10H12N2O3S/c13-10-7-16(14,15)6-9(10)12-5-8-1-3-11-4-2-8/h1-5,9-10,13H,6-7H2/t9-,10-/m1/s1. The molecule has 2 rings (SSSR count). The smallest absolute Gasteiger partial charge is 0.155 e. The van der Waals surface area contributed by atoms with Gasteiger partial charge in [0.2, 0.25) is 0 Å². The van der Waals surface area contributed by atoms with Crippen LogP contribution in [0.15, 0.2) is 29.5 Å². The molecule has 1 aliphatic heterocycles. The second kappa shape index (κ2) is 4.31. The lowest BCUT2D eigenvalue weighted by Gasteiger charge is -2.05. The molecule has 1 aliphatic rings. The molecule has 0 spiro atoms. The summed E-state index contributed by atoms with van der Waals surface area (Å²) in [4.78, 5) is 7.94. The van der Waals surface area contributed by atoms with Crippen molar-refractivity contribution >= 4 is 16.1 Å². The SMILES string of the molecule is O=S1(=O)C[C@@H](O)[C@H](N=Cc2ccncc2)C1. The van der Waals surface area contributed by atoms with Gasteiger partial charge in [0, 0.05) is 18.6 Å². The highest BCUT2D eigenvalue weighted by molar-refractivity contribution is 7.91. The van der Waals surface area contributed by atoms with Crippen LogP contribution in [-0.2, 0) is 9.84 Å². The van der Waals surface area contributed by atoms with Gasteiger partial charge in [-0.25, -0.2) is 8.42 Å². The van der Waals surface area contributed by atoms with Crippen molar-refractivity contribution in [2.45, 2.75) is 12.1 Å². The van der Waals surface area contributed by atoms with Crippen LogP contribution in [0.25, 0.3) is 0 Å². The van der Waals surface area contributed by atoms with Gasteiger partial charge in [-0.2, -0.15) is 0 Å². The number of pyridine rings is 1. The first-order chi connectivity index (χ1) is 7.57. The molecule has 0 radical (unpaired) electrons. The van der Waals surface area contributed by atoms with Gasteiger partial charge in [-0.3, -0.25) is 9.98 Å². The van der Waals surface area contributed by atoms with Crippen molar-refractivity contribution in [3.05, 3.63) is 30.1 Å². The third-order valence-corrected chi connectivity index (χ3v) is 4.11. The van der Waals surface area contributed by atoms with Crippen LogP contribution in [0.3, 0.4) is 0 Å². The first-order valence-electron chi connectivity index (χ1n) is 4.88. The number of aliphatic imine (C=N–C) groups is 1. The number of aromatic nitrogens is 1. The molecule has 0 unspecified atom stereocenters. The maximum absolute atomic E-state index is 11.2. The van der Waals surface area contributed by atoms with Gasteiger partial charge in [0.05, 0.1) is 23.7 Å². The average Bonchev–Trinajstić information content (AvgIpc) is 2.50. The lowest BCUT2D eigenvalue weighted by molar-refractivity contribution is 0.184. The fraction of sp³-hybridized carbons (Fsp3) is 0.400. The molecule has 0 aromatic carbocycles. The van der Waals surface area contributed by atoms with E-state index in [9.17, 15) is 13.5 Å². The van der Waals surface area contributed by atoms with E-state index in [1.807, 2.05) is 0 Å². The minimum atomic E-state index is -3.13. The van der Waals surface area contributed by atoms with Crippen LogP contribution in [0, 0.1) is 0 Å². The molecule has 1 fully saturated rings. The normalized spacial score (nSPS) is 28.6. The van der Waals surface area contributed by atoms with Crippen LogP contribution in [0.1, 0.15) is 5.56 Å². The minimum absolute atomic E-state index is 0.0737. The van der Waals surface area contributed by atoms with Crippen molar-refractivity contribution in [2.75, 3.05) is 11.5 Å². The second-order valence-electron chi connectivity index (χ2n) is 3.77. The predicted octanol–water partition coefficient (Wildman–Crippen LogP) is -0.342. The lowest BCUT2D eigenvalue weighted by atomic mass is 10.2. The fourth-order valence-electron chi connectivity index (χ4n) is 1.58. The number of rotatable bonds is 2. The van der Waals surface area contributed by atoms with E-state index in [2.05, 4.69) is 9.98 Å². The summed E-state index contributed by atoms with van der Waals surface area (Å²) < 4.78 is 22.4. The molecule has 0 amide bonds. The number of aliphatic hydroxyl groups excluding tert-OH is 1. The lowest BCUT2D eigenvalue weighted by Crippen LogP contribution is -2.21. The minimum Gasteiger partial charge on any atom is -0.390 e. The van der Waals surface area contributed by atoms with Crippen molar-refractivity contribution < 1.29 is 13.5 Å². The molecule has 5 nitrogen and oxygen atoms in total. The van der Waals surface area contributed by atoms with Crippen molar-refractivity contribution in [2.24, 2.45) is 4.99 Å². The van der Waals surface area contributed by atoms with Crippen molar-refractivity contribution in [3.8, 4) is 0 Å². The molecule has 2 atom stereocenters. The van der Waals surface area contributed by atoms with Crippen LogP contribution in [0.5, 0.6) is 0 Å². The zero-order valence-electron chi connectivity index (χ0n) is 8.52. The Kier molecular flexibility index (Phi) is 3.02. The molecular weight excluding hydrogens is 228 g/mol. The Balaban J connectivity index is 2.09. The molecule has 1 aromatic heterocycles. The zero-order valence-corrected chi connectivity index (χ0v) is 9.34. The number of nitrogens with zero attached hydrogens (tertiary/aromatic N) is 2. The summed E-state index contributed by atoms with van der Waals surface area (Å²) >= 11 is 0. The maximum atomic E-state index is 11.2. The Labute approximate surface area is 93.8 Å². The van der Waals surface area contributed by atoms with E-state index < -0.39 is 22.0 Å². The Morgan fingerprint density at radius 2 is 2.06 bits per heavy atom. The van der Waals surface area contributed by atoms with Gasteiger partial charge in [0.1, 0.15) is 0 Å². The Bertz CT molecular complexity index is 484. The summed E-state index contributed by atoms with van der Waals surface area (Å²) in [6.45, 7) is 0. The van der Waals surface area contributed by atoms with Crippen LogP contribution in [-0.4, -0.2) is 48.4 Å². The summed E-state index contributed by atoms with van der Waals surface area (Å²) in [6, 6.07) is 2.98. The van der Waals surface area contributed by atoms with E-state index >= 15 is 0 Å². The fourth-order valence-corrected chi connectivity index (χ4v) is 3.29. The predicted molar refractivity (Wildman–Crippen MR) is 60.3 cm³/mol. The van der Waals surface area contributed by atoms with Crippen molar-refractivity contribution in [1.29, 1.82) is 0 Å². The monoisotopic (exact) mass is 240 g/mol. The van der Waals surface area contributed by atoms with Crippen LogP contribution >= 0.6 is 0 Å². The molecule has 0 bridgehead atoms. The first kappa shape index (κ1) is 11.2. The van der Waals surface area contributed by atoms with E-state index in [1.54, 1.807) is 30.7 Å². The van der Waals surface area contributed by atoms with E-state index in [4.69, 9.17) is 0 Å². The average molecular weight is 240 g/mol. The molecular formula is C10H12N2O3S. The zero-order chi connectivity index (χ0) is 11.6. The van der Waals surface area contributed by atoms with Crippen LogP contribution < -0.4 is 0 Å². The topological polar surface area (TPSA) is 79.6 Å². The molecule has 6 heteroatoms. The van der Waals surface area contributed by atoms with E-state index in [-0.39, 0.29) is 11.5 Å². The molecule has 1 aromatic rings. The third kappa shape index (κ3) is 2.65. The quantitative estimate of drug-likeness (QED) is 0.717. The molecule has 16 heavy (non-hydrogen) atoms. The highest BCUT2D eigenvalue weighted by atomic mass is 32.2. The van der Waals surface area contributed by atoms with E-state index in [1.165, 1.54) is 0 Å². The van der Waals surface area contributed by atoms with Gasteiger partial charge in [-0.15, -0.1) is 0 Å². The number of hydrogen-bond donors (Lipinski definition) is 1. The summed E-state index contributed by atoms with van der Waals surface area (Å²) in [5.41, 5.74) is 0.839. The molecule has 0 aliphatic carbocycles. The van der Waals surface area contributed by atoms with Crippen molar-refractivity contribution in [1.82, 2.24) is 4.98 Å². The van der Waals surface area contributed by atoms with Gasteiger partial charge in [-0.05, 0) is 17.7 Å². The molecule has 1 saturated heterocycles. The Hall–Kier alpha value is -1.27. The van der Waals surface area contributed by atoms with E-state index in [0.717, 1.165) is 5.56 Å². The van der Waals surface area contributed by atoms with Gasteiger partial charge in [-0.1, -0.05) is 0 Å². The van der Waals surface area contributed by atoms with Gasteiger partial charge >= 0.3 is 0 Å². The van der Waals surface area contributed by atoms with E-state index in [0.29, 0.717) is 0 Å². The molecule has 2 heterocycles. The summed E-state index contributed by atoms with van der Waals surface area (Å²) in [5, 5.41) is 9.50. The van der Waals surface area contributed by atoms with Crippen molar-refractivity contribution in [3.63, 3.8) is 0 Å². The molecule has 1 N–H and O–H groups in total.